The van der Waals surface area contributed by atoms with Crippen LogP contribution >= 0.6 is 0 Å². The van der Waals surface area contributed by atoms with Gasteiger partial charge in [-0.25, -0.2) is 4.98 Å². The van der Waals surface area contributed by atoms with Crippen LogP contribution < -0.4 is 0 Å². The molecule has 0 aliphatic heterocycles. The first kappa shape index (κ1) is 11.1. The molecule has 1 atom stereocenters. The summed E-state index contributed by atoms with van der Waals surface area (Å²) in [5.74, 6) is 1.21. The maximum atomic E-state index is 9.11. The van der Waals surface area contributed by atoms with Gasteiger partial charge in [0.15, 0.2) is 11.5 Å². The zero-order valence-corrected chi connectivity index (χ0v) is 9.90. The smallest absolute Gasteiger partial charge is 0.198 e. The summed E-state index contributed by atoms with van der Waals surface area (Å²) in [6.45, 7) is 6.26. The van der Waals surface area contributed by atoms with Crippen LogP contribution in [0.1, 0.15) is 44.1 Å². The number of fused-ring (bicyclic) bond motifs is 1. The van der Waals surface area contributed by atoms with Crippen LogP contribution in [0.3, 0.4) is 0 Å². The van der Waals surface area contributed by atoms with Gasteiger partial charge in [0, 0.05) is 18.4 Å². The molecular formula is C13H17NO2. The van der Waals surface area contributed by atoms with E-state index in [1.807, 2.05) is 25.1 Å². The highest BCUT2D eigenvalue weighted by atomic mass is 16.3. The van der Waals surface area contributed by atoms with E-state index in [9.17, 15) is 0 Å². The molecule has 1 heterocycles. The lowest BCUT2D eigenvalue weighted by Crippen LogP contribution is -1.98. The van der Waals surface area contributed by atoms with Crippen LogP contribution in [0.4, 0.5) is 0 Å². The van der Waals surface area contributed by atoms with Crippen molar-refractivity contribution >= 4 is 11.1 Å². The molecule has 1 unspecified atom stereocenters. The van der Waals surface area contributed by atoms with Crippen molar-refractivity contribution in [2.45, 2.75) is 32.6 Å². The van der Waals surface area contributed by atoms with Crippen molar-refractivity contribution < 1.29 is 9.52 Å². The molecule has 1 aromatic carbocycles. The SMILES string of the molecule is CC(C)c1nc2cc(C(C)CO)ccc2o1. The van der Waals surface area contributed by atoms with E-state index in [4.69, 9.17) is 9.52 Å². The van der Waals surface area contributed by atoms with E-state index in [2.05, 4.69) is 18.8 Å². The fraction of sp³-hybridized carbons (Fsp3) is 0.462. The van der Waals surface area contributed by atoms with Gasteiger partial charge in [-0.2, -0.15) is 0 Å². The molecule has 16 heavy (non-hydrogen) atoms. The average Bonchev–Trinajstić information content (AvgIpc) is 2.70. The van der Waals surface area contributed by atoms with Crippen molar-refractivity contribution in [1.29, 1.82) is 0 Å². The zero-order chi connectivity index (χ0) is 11.7. The molecule has 2 aromatic rings. The van der Waals surface area contributed by atoms with Crippen LogP contribution in [-0.4, -0.2) is 16.7 Å². The van der Waals surface area contributed by atoms with E-state index in [-0.39, 0.29) is 12.5 Å². The maximum Gasteiger partial charge on any atom is 0.198 e. The lowest BCUT2D eigenvalue weighted by Gasteiger charge is -2.06. The van der Waals surface area contributed by atoms with Crippen LogP contribution in [0, 0.1) is 0 Å². The zero-order valence-electron chi connectivity index (χ0n) is 9.90. The molecule has 0 bridgehead atoms. The van der Waals surface area contributed by atoms with Crippen molar-refractivity contribution in [2.75, 3.05) is 6.61 Å². The summed E-state index contributed by atoms with van der Waals surface area (Å²) in [6, 6.07) is 5.90. The summed E-state index contributed by atoms with van der Waals surface area (Å²) in [5, 5.41) is 9.11. The summed E-state index contributed by atoms with van der Waals surface area (Å²) in [7, 11) is 0. The van der Waals surface area contributed by atoms with E-state index in [0.29, 0.717) is 5.92 Å². The number of nitrogens with zero attached hydrogens (tertiary/aromatic N) is 1. The number of hydrogen-bond donors (Lipinski definition) is 1. The number of oxazole rings is 1. The molecule has 0 amide bonds. The fourth-order valence-electron chi connectivity index (χ4n) is 1.62. The Balaban J connectivity index is 2.45. The quantitative estimate of drug-likeness (QED) is 0.863. The predicted octanol–water partition coefficient (Wildman–Crippen LogP) is 3.05. The largest absolute Gasteiger partial charge is 0.440 e. The number of aliphatic hydroxyl groups is 1. The standard InChI is InChI=1S/C13H17NO2/c1-8(2)13-14-11-6-10(9(3)7-15)4-5-12(11)16-13/h4-6,8-9,15H,7H2,1-3H3. The average molecular weight is 219 g/mol. The van der Waals surface area contributed by atoms with Gasteiger partial charge in [-0.05, 0) is 17.7 Å². The molecule has 3 nitrogen and oxygen atoms in total. The number of hydrogen-bond acceptors (Lipinski definition) is 3. The van der Waals surface area contributed by atoms with Crippen LogP contribution in [0.5, 0.6) is 0 Å². The highest BCUT2D eigenvalue weighted by Crippen LogP contribution is 2.24. The van der Waals surface area contributed by atoms with Crippen molar-refractivity contribution in [3.05, 3.63) is 29.7 Å². The second kappa shape index (κ2) is 4.26. The second-order valence-corrected chi connectivity index (χ2v) is 4.52. The third kappa shape index (κ3) is 1.95. The molecule has 3 heteroatoms. The lowest BCUT2D eigenvalue weighted by molar-refractivity contribution is 0.273. The first-order valence-electron chi connectivity index (χ1n) is 5.63. The van der Waals surface area contributed by atoms with Gasteiger partial charge in [-0.3, -0.25) is 0 Å². The maximum absolute atomic E-state index is 9.11. The molecule has 0 saturated heterocycles. The minimum absolute atomic E-state index is 0.142. The Morgan fingerprint density at radius 2 is 2.06 bits per heavy atom. The van der Waals surface area contributed by atoms with Gasteiger partial charge < -0.3 is 9.52 Å². The minimum Gasteiger partial charge on any atom is -0.440 e. The van der Waals surface area contributed by atoms with E-state index in [0.717, 1.165) is 22.6 Å². The molecule has 86 valence electrons. The summed E-state index contributed by atoms with van der Waals surface area (Å²) in [4.78, 5) is 4.44. The van der Waals surface area contributed by atoms with Crippen molar-refractivity contribution in [3.8, 4) is 0 Å². The Morgan fingerprint density at radius 3 is 2.69 bits per heavy atom. The monoisotopic (exact) mass is 219 g/mol. The number of aliphatic hydroxyl groups excluding tert-OH is 1. The Labute approximate surface area is 95.1 Å². The van der Waals surface area contributed by atoms with Crippen LogP contribution in [-0.2, 0) is 0 Å². The van der Waals surface area contributed by atoms with Gasteiger partial charge in [0.1, 0.15) is 5.52 Å². The predicted molar refractivity (Wildman–Crippen MR) is 63.6 cm³/mol. The lowest BCUT2D eigenvalue weighted by atomic mass is 10.0. The number of rotatable bonds is 3. The molecule has 0 aliphatic rings. The molecule has 0 aliphatic carbocycles. The van der Waals surface area contributed by atoms with E-state index in [1.54, 1.807) is 0 Å². The normalized spacial score (nSPS) is 13.6. The second-order valence-electron chi connectivity index (χ2n) is 4.52. The van der Waals surface area contributed by atoms with Crippen molar-refractivity contribution in [1.82, 2.24) is 4.98 Å². The molecule has 0 saturated carbocycles. The van der Waals surface area contributed by atoms with Gasteiger partial charge in [-0.1, -0.05) is 26.8 Å². The Kier molecular flexibility index (Phi) is 2.97. The van der Waals surface area contributed by atoms with Gasteiger partial charge in [0.2, 0.25) is 0 Å². The number of benzene rings is 1. The van der Waals surface area contributed by atoms with E-state index in [1.165, 1.54) is 0 Å². The van der Waals surface area contributed by atoms with Crippen LogP contribution in [0.2, 0.25) is 0 Å². The molecular weight excluding hydrogens is 202 g/mol. The summed E-state index contributed by atoms with van der Waals surface area (Å²) in [5.41, 5.74) is 2.79. The number of aromatic nitrogens is 1. The molecule has 0 radical (unpaired) electrons. The molecule has 0 spiro atoms. The summed E-state index contributed by atoms with van der Waals surface area (Å²) in [6.07, 6.45) is 0. The van der Waals surface area contributed by atoms with E-state index < -0.39 is 0 Å². The van der Waals surface area contributed by atoms with Crippen LogP contribution in [0.15, 0.2) is 22.6 Å². The van der Waals surface area contributed by atoms with E-state index >= 15 is 0 Å². The minimum atomic E-state index is 0.142. The van der Waals surface area contributed by atoms with Crippen molar-refractivity contribution in [2.24, 2.45) is 0 Å². The summed E-state index contributed by atoms with van der Waals surface area (Å²) < 4.78 is 5.62. The fourth-order valence-corrected chi connectivity index (χ4v) is 1.62. The van der Waals surface area contributed by atoms with Gasteiger partial charge in [-0.15, -0.1) is 0 Å². The van der Waals surface area contributed by atoms with Crippen LogP contribution in [0.25, 0.3) is 11.1 Å². The first-order valence-corrected chi connectivity index (χ1v) is 5.63. The van der Waals surface area contributed by atoms with Gasteiger partial charge in [0.05, 0.1) is 0 Å². The van der Waals surface area contributed by atoms with Gasteiger partial charge in [0.25, 0.3) is 0 Å². The molecule has 2 rings (SSSR count). The topological polar surface area (TPSA) is 46.3 Å². The third-order valence-electron chi connectivity index (χ3n) is 2.76. The highest BCUT2D eigenvalue weighted by Gasteiger charge is 2.11. The Bertz CT molecular complexity index is 488. The van der Waals surface area contributed by atoms with Gasteiger partial charge >= 0.3 is 0 Å². The third-order valence-corrected chi connectivity index (χ3v) is 2.76. The Morgan fingerprint density at radius 1 is 1.31 bits per heavy atom. The first-order chi connectivity index (χ1) is 7.61. The highest BCUT2D eigenvalue weighted by molar-refractivity contribution is 5.73. The summed E-state index contributed by atoms with van der Waals surface area (Å²) >= 11 is 0. The Hall–Kier alpha value is -1.35. The molecule has 0 fully saturated rings. The molecule has 1 aromatic heterocycles. The van der Waals surface area contributed by atoms with Crippen molar-refractivity contribution in [3.63, 3.8) is 0 Å². The molecule has 1 N–H and O–H groups in total.